The van der Waals surface area contributed by atoms with Crippen LogP contribution in [-0.4, -0.2) is 53.3 Å². The van der Waals surface area contributed by atoms with Crippen LogP contribution < -0.4 is 10.2 Å². The lowest BCUT2D eigenvalue weighted by molar-refractivity contribution is 0.0240. The monoisotopic (exact) mass is 344 g/mol. The van der Waals surface area contributed by atoms with Crippen LogP contribution in [-0.2, 0) is 4.74 Å². The normalized spacial score (nSPS) is 15.5. The third-order valence-corrected chi connectivity index (χ3v) is 3.83. The summed E-state index contributed by atoms with van der Waals surface area (Å²) in [5, 5.41) is 3.35. The number of nitrogens with one attached hydrogen (secondary N) is 1. The summed E-state index contributed by atoms with van der Waals surface area (Å²) < 4.78 is 5.44. The smallest absolute Gasteiger partial charge is 0.410 e. The minimum Gasteiger partial charge on any atom is -0.444 e. The van der Waals surface area contributed by atoms with Crippen LogP contribution in [0.4, 0.5) is 16.3 Å². The first kappa shape index (κ1) is 18.9. The molecule has 0 aliphatic carbocycles. The molecular weight excluding hydrogens is 316 g/mol. The highest BCUT2D eigenvalue weighted by molar-refractivity contribution is 5.70. The first-order chi connectivity index (χ1) is 11.6. The fraction of sp³-hybridized carbons (Fsp3) is 0.579. The van der Waals surface area contributed by atoms with Crippen LogP contribution in [0, 0.1) is 12.3 Å². The van der Waals surface area contributed by atoms with Gasteiger partial charge in [0.1, 0.15) is 5.60 Å². The van der Waals surface area contributed by atoms with E-state index in [0.29, 0.717) is 26.2 Å². The van der Waals surface area contributed by atoms with Gasteiger partial charge in [0.2, 0.25) is 0 Å². The summed E-state index contributed by atoms with van der Waals surface area (Å²) in [6.07, 6.45) is 7.08. The Bertz CT molecular complexity index is 650. The average Bonchev–Trinajstić information content (AvgIpc) is 2.54. The van der Waals surface area contributed by atoms with E-state index in [9.17, 15) is 4.79 Å². The van der Waals surface area contributed by atoms with E-state index in [-0.39, 0.29) is 6.09 Å². The summed E-state index contributed by atoms with van der Waals surface area (Å²) in [5.41, 5.74) is -0.0420. The molecule has 1 aliphatic rings. The molecule has 6 heteroatoms. The van der Waals surface area contributed by atoms with E-state index in [1.165, 1.54) is 0 Å². The molecule has 2 heterocycles. The van der Waals surface area contributed by atoms with Crippen LogP contribution in [0.3, 0.4) is 0 Å². The summed E-state index contributed by atoms with van der Waals surface area (Å²) in [7, 11) is 0. The third kappa shape index (κ3) is 5.28. The SMILES string of the molecule is C#CC(C)(C)Nc1cccnc1N1CCN(C(=O)OC(C)(C)C)CC1. The quantitative estimate of drug-likeness (QED) is 0.855. The number of carbonyl (C=O) groups is 1. The molecule has 0 saturated carbocycles. The third-order valence-electron chi connectivity index (χ3n) is 3.83. The maximum absolute atomic E-state index is 12.2. The molecule has 0 radical (unpaired) electrons. The van der Waals surface area contributed by atoms with Gasteiger partial charge >= 0.3 is 6.09 Å². The molecule has 1 N–H and O–H groups in total. The van der Waals surface area contributed by atoms with Crippen molar-refractivity contribution in [1.29, 1.82) is 0 Å². The molecule has 1 fully saturated rings. The van der Waals surface area contributed by atoms with Crippen LogP contribution >= 0.6 is 0 Å². The molecule has 1 aliphatic heterocycles. The van der Waals surface area contributed by atoms with Crippen LogP contribution in [0.5, 0.6) is 0 Å². The molecule has 0 atom stereocenters. The number of carbonyl (C=O) groups excluding carboxylic acids is 1. The molecule has 0 aromatic carbocycles. The van der Waals surface area contributed by atoms with Crippen LogP contribution in [0.2, 0.25) is 0 Å². The van der Waals surface area contributed by atoms with Gasteiger partial charge in [0.05, 0.1) is 11.2 Å². The molecule has 0 spiro atoms. The van der Waals surface area contributed by atoms with Crippen molar-refractivity contribution in [2.24, 2.45) is 0 Å². The van der Waals surface area contributed by atoms with Crippen molar-refractivity contribution >= 4 is 17.6 Å². The first-order valence-electron chi connectivity index (χ1n) is 8.55. The van der Waals surface area contributed by atoms with Crippen molar-refractivity contribution in [3.05, 3.63) is 18.3 Å². The van der Waals surface area contributed by atoms with Crippen LogP contribution in [0.25, 0.3) is 0 Å². The standard InChI is InChI=1S/C19H28N4O2/c1-7-19(5,6)21-15-9-8-10-20-16(15)22-11-13-23(14-12-22)17(24)25-18(2,3)4/h1,8-10,21H,11-14H2,2-6H3. The number of amides is 1. The fourth-order valence-corrected chi connectivity index (χ4v) is 2.55. The van der Waals surface area contributed by atoms with Crippen molar-refractivity contribution in [2.75, 3.05) is 36.4 Å². The van der Waals surface area contributed by atoms with E-state index in [0.717, 1.165) is 11.5 Å². The number of hydrogen-bond acceptors (Lipinski definition) is 5. The van der Waals surface area contributed by atoms with Crippen molar-refractivity contribution in [1.82, 2.24) is 9.88 Å². The number of piperazine rings is 1. The molecule has 136 valence electrons. The maximum atomic E-state index is 12.2. The number of anilines is 2. The summed E-state index contributed by atoms with van der Waals surface area (Å²) >= 11 is 0. The van der Waals surface area contributed by atoms with E-state index >= 15 is 0 Å². The Kier molecular flexibility index (Phi) is 5.46. The lowest BCUT2D eigenvalue weighted by atomic mass is 10.1. The Morgan fingerprint density at radius 1 is 1.24 bits per heavy atom. The fourth-order valence-electron chi connectivity index (χ4n) is 2.55. The topological polar surface area (TPSA) is 57.7 Å². The number of rotatable bonds is 3. The lowest BCUT2D eigenvalue weighted by Crippen LogP contribution is -2.50. The average molecular weight is 344 g/mol. The highest BCUT2D eigenvalue weighted by Gasteiger charge is 2.27. The molecule has 2 rings (SSSR count). The molecule has 0 bridgehead atoms. The maximum Gasteiger partial charge on any atom is 0.410 e. The van der Waals surface area contributed by atoms with Crippen molar-refractivity contribution in [2.45, 2.75) is 45.8 Å². The highest BCUT2D eigenvalue weighted by Crippen LogP contribution is 2.26. The van der Waals surface area contributed by atoms with Gasteiger partial charge in [0.15, 0.2) is 5.82 Å². The van der Waals surface area contributed by atoms with Crippen LogP contribution in [0.15, 0.2) is 18.3 Å². The van der Waals surface area contributed by atoms with Crippen molar-refractivity contribution in [3.63, 3.8) is 0 Å². The number of hydrogen-bond donors (Lipinski definition) is 1. The van der Waals surface area contributed by atoms with Crippen molar-refractivity contribution < 1.29 is 9.53 Å². The van der Waals surface area contributed by atoms with Gasteiger partial charge in [-0.25, -0.2) is 9.78 Å². The number of pyridine rings is 1. The predicted molar refractivity (Wildman–Crippen MR) is 101 cm³/mol. The molecule has 0 unspecified atom stereocenters. The van der Waals surface area contributed by atoms with Gasteiger partial charge in [-0.15, -0.1) is 6.42 Å². The lowest BCUT2D eigenvalue weighted by Gasteiger charge is -2.37. The van der Waals surface area contributed by atoms with Crippen molar-refractivity contribution in [3.8, 4) is 12.3 Å². The van der Waals surface area contributed by atoms with Gasteiger partial charge in [0, 0.05) is 32.4 Å². The number of aromatic nitrogens is 1. The zero-order valence-corrected chi connectivity index (χ0v) is 15.8. The first-order valence-corrected chi connectivity index (χ1v) is 8.55. The van der Waals surface area contributed by atoms with Gasteiger partial charge in [-0.2, -0.15) is 0 Å². The second kappa shape index (κ2) is 7.22. The molecule has 1 saturated heterocycles. The summed E-state index contributed by atoms with van der Waals surface area (Å²) in [4.78, 5) is 20.6. The minimum absolute atomic E-state index is 0.264. The summed E-state index contributed by atoms with van der Waals surface area (Å²) in [6.45, 7) is 12.1. The van der Waals surface area contributed by atoms with E-state index in [2.05, 4.69) is 21.1 Å². The van der Waals surface area contributed by atoms with E-state index in [1.54, 1.807) is 11.1 Å². The Morgan fingerprint density at radius 2 is 1.88 bits per heavy atom. The molecule has 1 amide bonds. The summed E-state index contributed by atoms with van der Waals surface area (Å²) in [6, 6.07) is 3.86. The molecule has 1 aromatic heterocycles. The van der Waals surface area contributed by atoms with Gasteiger partial charge < -0.3 is 19.9 Å². The number of terminal acetylenes is 1. The largest absolute Gasteiger partial charge is 0.444 e. The minimum atomic E-state index is -0.479. The van der Waals surface area contributed by atoms with E-state index < -0.39 is 11.1 Å². The Labute approximate surface area is 150 Å². The second-order valence-electron chi connectivity index (χ2n) is 7.72. The Morgan fingerprint density at radius 3 is 2.44 bits per heavy atom. The summed E-state index contributed by atoms with van der Waals surface area (Å²) in [5.74, 6) is 3.59. The number of nitrogens with zero attached hydrogens (tertiary/aromatic N) is 3. The van der Waals surface area contributed by atoms with Gasteiger partial charge in [-0.05, 0) is 46.8 Å². The molecule has 6 nitrogen and oxygen atoms in total. The van der Waals surface area contributed by atoms with Gasteiger partial charge in [-0.1, -0.05) is 5.92 Å². The zero-order valence-electron chi connectivity index (χ0n) is 15.8. The van der Waals surface area contributed by atoms with E-state index in [1.807, 2.05) is 46.8 Å². The second-order valence-corrected chi connectivity index (χ2v) is 7.72. The Balaban J connectivity index is 2.04. The van der Waals surface area contributed by atoms with Crippen LogP contribution in [0.1, 0.15) is 34.6 Å². The highest BCUT2D eigenvalue weighted by atomic mass is 16.6. The Hall–Kier alpha value is -2.42. The molecular formula is C19H28N4O2. The van der Waals surface area contributed by atoms with E-state index in [4.69, 9.17) is 11.2 Å². The molecule has 25 heavy (non-hydrogen) atoms. The predicted octanol–water partition coefficient (Wildman–Crippen LogP) is 2.96. The van der Waals surface area contributed by atoms with Gasteiger partial charge in [0.25, 0.3) is 0 Å². The number of ether oxygens (including phenoxy) is 1. The zero-order chi connectivity index (χ0) is 18.7. The molecule has 1 aromatic rings. The van der Waals surface area contributed by atoms with Gasteiger partial charge in [-0.3, -0.25) is 0 Å².